The fraction of sp³-hybridized carbons (Fsp3) is 0.500. The van der Waals surface area contributed by atoms with Crippen molar-refractivity contribution < 1.29 is 9.47 Å². The van der Waals surface area contributed by atoms with Crippen molar-refractivity contribution in [2.45, 2.75) is 38.5 Å². The lowest BCUT2D eigenvalue weighted by atomic mass is 9.82. The highest BCUT2D eigenvalue weighted by Gasteiger charge is 2.28. The van der Waals surface area contributed by atoms with E-state index in [0.717, 1.165) is 44.0 Å². The average molecular weight is 343 g/mol. The normalized spacial score (nSPS) is 18.8. The highest BCUT2D eigenvalue weighted by Crippen LogP contribution is 2.44. The number of hydrogen-bond acceptors (Lipinski definition) is 4. The van der Waals surface area contributed by atoms with Crippen LogP contribution in [0.4, 0.5) is 0 Å². The zero-order valence-corrected chi connectivity index (χ0v) is 15.1. The lowest BCUT2D eigenvalue weighted by Crippen LogP contribution is -2.31. The van der Waals surface area contributed by atoms with Crippen molar-refractivity contribution in [3.8, 4) is 11.5 Å². The van der Waals surface area contributed by atoms with E-state index in [2.05, 4.69) is 41.5 Å². The van der Waals surface area contributed by atoms with Crippen molar-refractivity contribution in [3.05, 3.63) is 45.6 Å². The molecule has 0 fully saturated rings. The summed E-state index contributed by atoms with van der Waals surface area (Å²) in [6.45, 7) is 6.06. The Balaban J connectivity index is 1.47. The molecule has 4 heteroatoms. The smallest absolute Gasteiger partial charge is 0.231 e. The first-order valence-corrected chi connectivity index (χ1v) is 9.89. The van der Waals surface area contributed by atoms with Gasteiger partial charge in [0.1, 0.15) is 0 Å². The van der Waals surface area contributed by atoms with Gasteiger partial charge in [-0.1, -0.05) is 19.1 Å². The van der Waals surface area contributed by atoms with Crippen LogP contribution in [0, 0.1) is 0 Å². The molecule has 2 aliphatic rings. The number of rotatable bonds is 6. The molecule has 3 nitrogen and oxygen atoms in total. The summed E-state index contributed by atoms with van der Waals surface area (Å²) in [5, 5.41) is 2.17. The van der Waals surface area contributed by atoms with Crippen LogP contribution in [0.1, 0.15) is 41.7 Å². The standard InChI is InChI=1S/C20H25NO2S/c1-2-21(11-10-16-6-4-12-24-16)13-15-5-3-7-18-17(15)8-9-19-20(18)23-14-22-19/h4,6,8-9,12,15H,2-3,5,7,10-11,13-14H2,1H3. The third-order valence-electron chi connectivity index (χ3n) is 5.28. The minimum absolute atomic E-state index is 0.373. The summed E-state index contributed by atoms with van der Waals surface area (Å²) in [6, 6.07) is 8.77. The molecule has 128 valence electrons. The van der Waals surface area contributed by atoms with Crippen molar-refractivity contribution in [1.29, 1.82) is 0 Å². The molecule has 0 saturated carbocycles. The minimum atomic E-state index is 0.373. The largest absolute Gasteiger partial charge is 0.454 e. The molecule has 0 spiro atoms. The second-order valence-electron chi connectivity index (χ2n) is 6.68. The van der Waals surface area contributed by atoms with E-state index in [1.807, 2.05) is 11.3 Å². The highest BCUT2D eigenvalue weighted by atomic mass is 32.1. The van der Waals surface area contributed by atoms with Crippen LogP contribution >= 0.6 is 11.3 Å². The van der Waals surface area contributed by atoms with Crippen molar-refractivity contribution in [1.82, 2.24) is 4.90 Å². The zero-order chi connectivity index (χ0) is 16.4. The minimum Gasteiger partial charge on any atom is -0.454 e. The van der Waals surface area contributed by atoms with Gasteiger partial charge in [0.05, 0.1) is 0 Å². The molecule has 0 N–H and O–H groups in total. The first kappa shape index (κ1) is 16.0. The van der Waals surface area contributed by atoms with Crippen LogP contribution in [0.3, 0.4) is 0 Å². The third-order valence-corrected chi connectivity index (χ3v) is 6.21. The van der Waals surface area contributed by atoms with E-state index in [9.17, 15) is 0 Å². The van der Waals surface area contributed by atoms with Crippen LogP contribution in [-0.4, -0.2) is 31.3 Å². The summed E-state index contributed by atoms with van der Waals surface area (Å²) in [5.41, 5.74) is 2.88. The van der Waals surface area contributed by atoms with Gasteiger partial charge in [0.15, 0.2) is 11.5 Å². The van der Waals surface area contributed by atoms with E-state index < -0.39 is 0 Å². The van der Waals surface area contributed by atoms with Gasteiger partial charge in [-0.25, -0.2) is 0 Å². The first-order chi connectivity index (χ1) is 11.8. The molecule has 0 radical (unpaired) electrons. The van der Waals surface area contributed by atoms with Crippen molar-refractivity contribution >= 4 is 11.3 Å². The first-order valence-electron chi connectivity index (χ1n) is 9.01. The van der Waals surface area contributed by atoms with Crippen LogP contribution in [-0.2, 0) is 12.8 Å². The quantitative estimate of drug-likeness (QED) is 0.773. The SMILES string of the molecule is CCN(CCc1cccs1)CC1CCCc2c1ccc1c2OCO1. The highest BCUT2D eigenvalue weighted by molar-refractivity contribution is 7.09. The van der Waals surface area contributed by atoms with E-state index in [0.29, 0.717) is 12.7 Å². The van der Waals surface area contributed by atoms with Gasteiger partial charge >= 0.3 is 0 Å². The Morgan fingerprint density at radius 1 is 1.25 bits per heavy atom. The number of fused-ring (bicyclic) bond motifs is 3. The van der Waals surface area contributed by atoms with Gasteiger partial charge in [0, 0.05) is 23.5 Å². The lowest BCUT2D eigenvalue weighted by molar-refractivity contribution is 0.173. The number of hydrogen-bond donors (Lipinski definition) is 0. The summed E-state index contributed by atoms with van der Waals surface area (Å²) >= 11 is 1.87. The van der Waals surface area contributed by atoms with Crippen LogP contribution in [0.15, 0.2) is 29.6 Å². The predicted molar refractivity (Wildman–Crippen MR) is 98.4 cm³/mol. The molecule has 1 aliphatic carbocycles. The molecule has 4 rings (SSSR count). The molecular formula is C20H25NO2S. The molecule has 0 bridgehead atoms. The summed E-state index contributed by atoms with van der Waals surface area (Å²) in [4.78, 5) is 4.09. The summed E-state index contributed by atoms with van der Waals surface area (Å²) in [5.74, 6) is 2.56. The Hall–Kier alpha value is -1.52. The maximum atomic E-state index is 5.74. The summed E-state index contributed by atoms with van der Waals surface area (Å²) < 4.78 is 11.3. The molecule has 2 heterocycles. The Labute approximate surface area is 148 Å². The molecule has 2 aromatic rings. The van der Waals surface area contributed by atoms with Crippen LogP contribution in [0.5, 0.6) is 11.5 Å². The molecule has 1 atom stereocenters. The molecule has 1 aromatic carbocycles. The monoisotopic (exact) mass is 343 g/mol. The number of ether oxygens (including phenoxy) is 2. The topological polar surface area (TPSA) is 21.7 Å². The Kier molecular flexibility index (Phi) is 4.76. The Morgan fingerprint density at radius 3 is 3.04 bits per heavy atom. The van der Waals surface area contributed by atoms with E-state index >= 15 is 0 Å². The average Bonchev–Trinajstić information content (AvgIpc) is 3.29. The van der Waals surface area contributed by atoms with Crippen LogP contribution < -0.4 is 9.47 Å². The molecule has 1 aromatic heterocycles. The van der Waals surface area contributed by atoms with Gasteiger partial charge in [-0.05, 0) is 61.2 Å². The molecule has 1 aliphatic heterocycles. The molecule has 1 unspecified atom stereocenters. The molecule has 0 saturated heterocycles. The van der Waals surface area contributed by atoms with Gasteiger partial charge in [0.25, 0.3) is 0 Å². The second kappa shape index (κ2) is 7.16. The van der Waals surface area contributed by atoms with Gasteiger partial charge < -0.3 is 14.4 Å². The predicted octanol–water partition coefficient (Wildman–Crippen LogP) is 4.46. The second-order valence-corrected chi connectivity index (χ2v) is 7.71. The molecule has 0 amide bonds. The Bertz CT molecular complexity index is 683. The van der Waals surface area contributed by atoms with Gasteiger partial charge in [0.2, 0.25) is 6.79 Å². The van der Waals surface area contributed by atoms with Crippen molar-refractivity contribution in [3.63, 3.8) is 0 Å². The Morgan fingerprint density at radius 2 is 2.21 bits per heavy atom. The lowest BCUT2D eigenvalue weighted by Gasteiger charge is -2.31. The van der Waals surface area contributed by atoms with E-state index in [-0.39, 0.29) is 0 Å². The number of nitrogens with zero attached hydrogens (tertiary/aromatic N) is 1. The maximum absolute atomic E-state index is 5.74. The van der Waals surface area contributed by atoms with Gasteiger partial charge in [-0.2, -0.15) is 0 Å². The van der Waals surface area contributed by atoms with E-state index in [1.54, 1.807) is 0 Å². The molecular weight excluding hydrogens is 318 g/mol. The van der Waals surface area contributed by atoms with Gasteiger partial charge in [-0.15, -0.1) is 11.3 Å². The summed E-state index contributed by atoms with van der Waals surface area (Å²) in [7, 11) is 0. The van der Waals surface area contributed by atoms with Crippen LogP contribution in [0.25, 0.3) is 0 Å². The van der Waals surface area contributed by atoms with Crippen LogP contribution in [0.2, 0.25) is 0 Å². The third kappa shape index (κ3) is 3.17. The zero-order valence-electron chi connectivity index (χ0n) is 14.3. The number of likely N-dealkylation sites (N-methyl/N-ethyl adjacent to an activating group) is 1. The maximum Gasteiger partial charge on any atom is 0.231 e. The fourth-order valence-corrected chi connectivity index (χ4v) is 4.67. The summed E-state index contributed by atoms with van der Waals surface area (Å²) in [6.07, 6.45) is 4.81. The van der Waals surface area contributed by atoms with E-state index in [1.165, 1.54) is 28.8 Å². The van der Waals surface area contributed by atoms with Gasteiger partial charge in [-0.3, -0.25) is 0 Å². The number of thiophene rings is 1. The molecule has 24 heavy (non-hydrogen) atoms. The fourth-order valence-electron chi connectivity index (χ4n) is 3.97. The van der Waals surface area contributed by atoms with E-state index in [4.69, 9.17) is 9.47 Å². The van der Waals surface area contributed by atoms with Crippen molar-refractivity contribution in [2.24, 2.45) is 0 Å². The van der Waals surface area contributed by atoms with Crippen molar-refractivity contribution in [2.75, 3.05) is 26.4 Å². The number of benzene rings is 1.